The highest BCUT2D eigenvalue weighted by Gasteiger charge is 2.17. The molecule has 0 aromatic rings. The SMILES string of the molecule is CCOC(=O)C(CC)COCCCCl. The molecule has 0 radical (unpaired) electrons. The molecule has 3 nitrogen and oxygen atoms in total. The van der Waals surface area contributed by atoms with E-state index in [1.807, 2.05) is 6.92 Å². The van der Waals surface area contributed by atoms with Crippen LogP contribution in [0.2, 0.25) is 0 Å². The summed E-state index contributed by atoms with van der Waals surface area (Å²) < 4.78 is 10.2. The van der Waals surface area contributed by atoms with Gasteiger partial charge < -0.3 is 9.47 Å². The summed E-state index contributed by atoms with van der Waals surface area (Å²) in [7, 11) is 0. The van der Waals surface area contributed by atoms with Crippen LogP contribution in [0, 0.1) is 5.92 Å². The number of carbonyl (C=O) groups excluding carboxylic acids is 1. The van der Waals surface area contributed by atoms with E-state index >= 15 is 0 Å². The molecule has 0 spiro atoms. The highest BCUT2D eigenvalue weighted by molar-refractivity contribution is 6.17. The van der Waals surface area contributed by atoms with E-state index in [4.69, 9.17) is 21.1 Å². The summed E-state index contributed by atoms with van der Waals surface area (Å²) in [5.41, 5.74) is 0. The van der Waals surface area contributed by atoms with Crippen LogP contribution in [0.15, 0.2) is 0 Å². The van der Waals surface area contributed by atoms with E-state index in [2.05, 4.69) is 0 Å². The number of hydrogen-bond donors (Lipinski definition) is 0. The van der Waals surface area contributed by atoms with Crippen LogP contribution in [-0.4, -0.2) is 31.7 Å². The Bertz CT molecular complexity index is 150. The van der Waals surface area contributed by atoms with Gasteiger partial charge in [-0.1, -0.05) is 6.92 Å². The lowest BCUT2D eigenvalue weighted by Gasteiger charge is -2.13. The van der Waals surface area contributed by atoms with Crippen LogP contribution in [0.4, 0.5) is 0 Å². The molecule has 0 aliphatic carbocycles. The molecule has 0 saturated heterocycles. The monoisotopic (exact) mass is 222 g/mol. The molecule has 4 heteroatoms. The Morgan fingerprint density at radius 1 is 1.43 bits per heavy atom. The van der Waals surface area contributed by atoms with Crippen molar-refractivity contribution >= 4 is 17.6 Å². The summed E-state index contributed by atoms with van der Waals surface area (Å²) in [6.45, 7) is 5.23. The van der Waals surface area contributed by atoms with E-state index in [0.717, 1.165) is 12.8 Å². The first-order valence-electron chi connectivity index (χ1n) is 5.06. The Balaban J connectivity index is 3.62. The molecule has 0 aliphatic rings. The average molecular weight is 223 g/mol. The molecule has 0 aromatic carbocycles. The van der Waals surface area contributed by atoms with Crippen molar-refractivity contribution in [2.24, 2.45) is 5.92 Å². The molecule has 0 saturated carbocycles. The normalized spacial score (nSPS) is 12.5. The minimum absolute atomic E-state index is 0.134. The van der Waals surface area contributed by atoms with E-state index in [1.165, 1.54) is 0 Å². The average Bonchev–Trinajstić information content (AvgIpc) is 2.18. The van der Waals surface area contributed by atoms with Crippen LogP contribution in [0.3, 0.4) is 0 Å². The van der Waals surface area contributed by atoms with Crippen molar-refractivity contribution in [2.45, 2.75) is 26.7 Å². The van der Waals surface area contributed by atoms with Crippen LogP contribution in [0.25, 0.3) is 0 Å². The summed E-state index contributed by atoms with van der Waals surface area (Å²) >= 11 is 5.49. The molecule has 1 unspecified atom stereocenters. The summed E-state index contributed by atoms with van der Waals surface area (Å²) in [6.07, 6.45) is 1.57. The maximum absolute atomic E-state index is 11.3. The molecule has 0 heterocycles. The fourth-order valence-electron chi connectivity index (χ4n) is 0.995. The first-order chi connectivity index (χ1) is 6.76. The third kappa shape index (κ3) is 6.22. The van der Waals surface area contributed by atoms with Crippen molar-refractivity contribution < 1.29 is 14.3 Å². The van der Waals surface area contributed by atoms with Gasteiger partial charge in [-0.3, -0.25) is 4.79 Å². The molecule has 84 valence electrons. The number of ether oxygens (including phenoxy) is 2. The van der Waals surface area contributed by atoms with Gasteiger partial charge in [-0.05, 0) is 19.8 Å². The second-order valence-corrected chi connectivity index (χ2v) is 3.35. The lowest BCUT2D eigenvalue weighted by atomic mass is 10.1. The Labute approximate surface area is 90.7 Å². The fourth-order valence-corrected chi connectivity index (χ4v) is 1.10. The quantitative estimate of drug-likeness (QED) is 0.359. The van der Waals surface area contributed by atoms with Crippen LogP contribution in [0.1, 0.15) is 26.7 Å². The smallest absolute Gasteiger partial charge is 0.311 e. The Kier molecular flexibility index (Phi) is 9.10. The summed E-state index contributed by atoms with van der Waals surface area (Å²) in [5.74, 6) is 0.294. The first kappa shape index (κ1) is 13.7. The van der Waals surface area contributed by atoms with Gasteiger partial charge in [-0.25, -0.2) is 0 Å². The molecular formula is C10H19ClO3. The Morgan fingerprint density at radius 2 is 2.14 bits per heavy atom. The van der Waals surface area contributed by atoms with Gasteiger partial charge in [0.25, 0.3) is 0 Å². The van der Waals surface area contributed by atoms with Crippen molar-refractivity contribution in [2.75, 3.05) is 25.7 Å². The molecule has 0 fully saturated rings. The summed E-state index contributed by atoms with van der Waals surface area (Å²) in [6, 6.07) is 0. The highest BCUT2D eigenvalue weighted by Crippen LogP contribution is 2.06. The van der Waals surface area contributed by atoms with Crippen LogP contribution >= 0.6 is 11.6 Å². The summed E-state index contributed by atoms with van der Waals surface area (Å²) in [4.78, 5) is 11.3. The van der Waals surface area contributed by atoms with Crippen LogP contribution in [0.5, 0.6) is 0 Å². The van der Waals surface area contributed by atoms with E-state index in [9.17, 15) is 4.79 Å². The number of alkyl halides is 1. The predicted molar refractivity (Wildman–Crippen MR) is 56.6 cm³/mol. The molecular weight excluding hydrogens is 204 g/mol. The van der Waals surface area contributed by atoms with Crippen LogP contribution in [-0.2, 0) is 14.3 Å². The van der Waals surface area contributed by atoms with E-state index < -0.39 is 0 Å². The number of carbonyl (C=O) groups is 1. The fraction of sp³-hybridized carbons (Fsp3) is 0.900. The number of halogens is 1. The van der Waals surface area contributed by atoms with Crippen molar-refractivity contribution in [3.8, 4) is 0 Å². The van der Waals surface area contributed by atoms with Gasteiger partial charge in [0.15, 0.2) is 0 Å². The zero-order valence-corrected chi connectivity index (χ0v) is 9.68. The van der Waals surface area contributed by atoms with Crippen molar-refractivity contribution in [3.05, 3.63) is 0 Å². The van der Waals surface area contributed by atoms with E-state index in [0.29, 0.717) is 25.7 Å². The number of rotatable bonds is 8. The zero-order chi connectivity index (χ0) is 10.8. The van der Waals surface area contributed by atoms with E-state index in [1.54, 1.807) is 6.92 Å². The van der Waals surface area contributed by atoms with E-state index in [-0.39, 0.29) is 11.9 Å². The predicted octanol–water partition coefficient (Wildman–Crippen LogP) is 2.22. The van der Waals surface area contributed by atoms with Gasteiger partial charge in [0, 0.05) is 12.5 Å². The molecule has 0 aromatic heterocycles. The lowest BCUT2D eigenvalue weighted by molar-refractivity contribution is -0.150. The maximum Gasteiger partial charge on any atom is 0.311 e. The van der Waals surface area contributed by atoms with Gasteiger partial charge in [0.1, 0.15) is 0 Å². The molecule has 0 N–H and O–H groups in total. The standard InChI is InChI=1S/C10H19ClO3/c1-3-9(10(12)14-4-2)8-13-7-5-6-11/h9H,3-8H2,1-2H3. The van der Waals surface area contributed by atoms with Crippen LogP contribution < -0.4 is 0 Å². The van der Waals surface area contributed by atoms with Crippen molar-refractivity contribution in [3.63, 3.8) is 0 Å². The lowest BCUT2D eigenvalue weighted by Crippen LogP contribution is -2.22. The molecule has 1 atom stereocenters. The second-order valence-electron chi connectivity index (χ2n) is 2.97. The topological polar surface area (TPSA) is 35.5 Å². The molecule has 0 aliphatic heterocycles. The molecule has 0 amide bonds. The maximum atomic E-state index is 11.3. The van der Waals surface area contributed by atoms with Gasteiger partial charge in [0.05, 0.1) is 19.1 Å². The zero-order valence-electron chi connectivity index (χ0n) is 8.92. The minimum atomic E-state index is -0.166. The van der Waals surface area contributed by atoms with Gasteiger partial charge >= 0.3 is 5.97 Å². The Morgan fingerprint density at radius 3 is 2.64 bits per heavy atom. The second kappa shape index (κ2) is 9.28. The van der Waals surface area contributed by atoms with Gasteiger partial charge in [-0.2, -0.15) is 0 Å². The van der Waals surface area contributed by atoms with Gasteiger partial charge in [0.2, 0.25) is 0 Å². The number of hydrogen-bond acceptors (Lipinski definition) is 3. The minimum Gasteiger partial charge on any atom is -0.466 e. The largest absolute Gasteiger partial charge is 0.466 e. The van der Waals surface area contributed by atoms with Crippen molar-refractivity contribution in [1.29, 1.82) is 0 Å². The molecule has 0 rings (SSSR count). The highest BCUT2D eigenvalue weighted by atomic mass is 35.5. The van der Waals surface area contributed by atoms with Crippen molar-refractivity contribution in [1.82, 2.24) is 0 Å². The van der Waals surface area contributed by atoms with Gasteiger partial charge in [-0.15, -0.1) is 11.6 Å². The summed E-state index contributed by atoms with van der Waals surface area (Å²) in [5, 5.41) is 0. The third-order valence-electron chi connectivity index (χ3n) is 1.85. The number of esters is 1. The molecule has 14 heavy (non-hydrogen) atoms. The molecule has 0 bridgehead atoms. The Hall–Kier alpha value is -0.280. The third-order valence-corrected chi connectivity index (χ3v) is 2.12. The first-order valence-corrected chi connectivity index (χ1v) is 5.60.